The van der Waals surface area contributed by atoms with Gasteiger partial charge in [0, 0.05) is 6.54 Å². The van der Waals surface area contributed by atoms with Crippen LogP contribution in [0.5, 0.6) is 0 Å². The summed E-state index contributed by atoms with van der Waals surface area (Å²) < 4.78 is 1.12. The number of hydrogen-bond acceptors (Lipinski definition) is 5. The maximum atomic E-state index is 6.16. The number of aromatic nitrogens is 1. The van der Waals surface area contributed by atoms with E-state index in [4.69, 9.17) is 11.6 Å². The van der Waals surface area contributed by atoms with Gasteiger partial charge in [0.2, 0.25) is 0 Å². The zero-order chi connectivity index (χ0) is 11.0. The molecule has 3 rings (SSSR count). The summed E-state index contributed by atoms with van der Waals surface area (Å²) in [6.45, 7) is 1.67. The fraction of sp³-hybridized carbons (Fsp3) is 0.200. The Hall–Kier alpha value is -1.33. The smallest absolute Gasteiger partial charge is 0.196 e. The van der Waals surface area contributed by atoms with Crippen LogP contribution in [-0.2, 0) is 0 Å². The molecule has 2 heterocycles. The molecule has 6 heteroatoms. The van der Waals surface area contributed by atoms with Gasteiger partial charge in [0.05, 0.1) is 27.5 Å². The topological polar surface area (TPSA) is 49.3 Å². The molecule has 0 atom stereocenters. The SMILES string of the molecule is Clc1ccc2scnc2c1NC1=NCCN1. The number of rotatable bonds is 1. The molecule has 0 saturated carbocycles. The first kappa shape index (κ1) is 9.86. The predicted octanol–water partition coefficient (Wildman–Crippen LogP) is 2.32. The Bertz CT molecular complexity index is 563. The summed E-state index contributed by atoms with van der Waals surface area (Å²) in [5, 5.41) is 7.00. The van der Waals surface area contributed by atoms with E-state index in [2.05, 4.69) is 20.6 Å². The second kappa shape index (κ2) is 3.92. The van der Waals surface area contributed by atoms with Crippen molar-refractivity contribution >= 4 is 44.8 Å². The standard InChI is InChI=1S/C10H9ClN4S/c11-6-1-2-7-9(14-5-16-7)8(6)15-10-12-3-4-13-10/h1-2,5H,3-4H2,(H2,12,13,15). The second-order valence-corrected chi connectivity index (χ2v) is 4.70. The van der Waals surface area contributed by atoms with Crippen LogP contribution in [0.3, 0.4) is 0 Å². The van der Waals surface area contributed by atoms with Crippen LogP contribution < -0.4 is 10.6 Å². The first-order chi connectivity index (χ1) is 7.84. The molecule has 16 heavy (non-hydrogen) atoms. The Morgan fingerprint density at radius 1 is 1.44 bits per heavy atom. The van der Waals surface area contributed by atoms with Gasteiger partial charge < -0.3 is 10.6 Å². The van der Waals surface area contributed by atoms with Gasteiger partial charge >= 0.3 is 0 Å². The highest BCUT2D eigenvalue weighted by Gasteiger charge is 2.12. The van der Waals surface area contributed by atoms with E-state index in [1.807, 2.05) is 17.6 Å². The highest BCUT2D eigenvalue weighted by Crippen LogP contribution is 2.32. The maximum absolute atomic E-state index is 6.16. The highest BCUT2D eigenvalue weighted by atomic mass is 35.5. The number of hydrogen-bond donors (Lipinski definition) is 2. The highest BCUT2D eigenvalue weighted by molar-refractivity contribution is 7.16. The maximum Gasteiger partial charge on any atom is 0.196 e. The monoisotopic (exact) mass is 252 g/mol. The van der Waals surface area contributed by atoms with Crippen molar-refractivity contribution in [3.05, 3.63) is 22.7 Å². The Labute approximate surface area is 101 Å². The third-order valence-corrected chi connectivity index (χ3v) is 3.48. The first-order valence-electron chi connectivity index (χ1n) is 4.91. The fourth-order valence-corrected chi connectivity index (χ4v) is 2.51. The van der Waals surface area contributed by atoms with Crippen LogP contribution in [0.15, 0.2) is 22.6 Å². The van der Waals surface area contributed by atoms with E-state index < -0.39 is 0 Å². The van der Waals surface area contributed by atoms with Crippen LogP contribution in [0.25, 0.3) is 10.2 Å². The minimum atomic E-state index is 0.662. The summed E-state index contributed by atoms with van der Waals surface area (Å²) >= 11 is 7.76. The largest absolute Gasteiger partial charge is 0.354 e. The van der Waals surface area contributed by atoms with Gasteiger partial charge in [-0.1, -0.05) is 11.6 Å². The molecule has 0 radical (unpaired) electrons. The molecule has 1 aliphatic heterocycles. The number of aliphatic imine (C=N–C) groups is 1. The van der Waals surface area contributed by atoms with Crippen molar-refractivity contribution in [3.8, 4) is 0 Å². The molecule has 1 aliphatic rings. The molecule has 0 aliphatic carbocycles. The van der Waals surface area contributed by atoms with Crippen molar-refractivity contribution in [3.63, 3.8) is 0 Å². The van der Waals surface area contributed by atoms with Crippen LogP contribution in [-0.4, -0.2) is 24.0 Å². The van der Waals surface area contributed by atoms with Gasteiger partial charge in [-0.2, -0.15) is 0 Å². The molecule has 2 aromatic rings. The Kier molecular flexibility index (Phi) is 2.41. The molecule has 1 aromatic carbocycles. The van der Waals surface area contributed by atoms with Crippen LogP contribution in [0.1, 0.15) is 0 Å². The van der Waals surface area contributed by atoms with E-state index in [1.165, 1.54) is 0 Å². The average Bonchev–Trinajstić information content (AvgIpc) is 2.92. The minimum absolute atomic E-state index is 0.662. The lowest BCUT2D eigenvalue weighted by Gasteiger charge is -2.08. The van der Waals surface area contributed by atoms with Crippen molar-refractivity contribution < 1.29 is 0 Å². The van der Waals surface area contributed by atoms with Gasteiger partial charge in [-0.25, -0.2) is 4.98 Å². The lowest BCUT2D eigenvalue weighted by molar-refractivity contribution is 0.959. The molecule has 0 spiro atoms. The summed E-state index contributed by atoms with van der Waals surface area (Å²) in [6.07, 6.45) is 0. The van der Waals surface area contributed by atoms with Gasteiger partial charge in [0.1, 0.15) is 5.52 Å². The molecule has 1 aromatic heterocycles. The normalized spacial score (nSPS) is 14.9. The van der Waals surface area contributed by atoms with E-state index in [0.29, 0.717) is 5.02 Å². The number of anilines is 1. The van der Waals surface area contributed by atoms with Crippen molar-refractivity contribution in [2.75, 3.05) is 18.4 Å². The van der Waals surface area contributed by atoms with Gasteiger partial charge in [0.15, 0.2) is 5.96 Å². The molecule has 0 unspecified atom stereocenters. The lowest BCUT2D eigenvalue weighted by atomic mass is 10.3. The van der Waals surface area contributed by atoms with Crippen molar-refractivity contribution in [2.45, 2.75) is 0 Å². The Morgan fingerprint density at radius 2 is 2.38 bits per heavy atom. The summed E-state index contributed by atoms with van der Waals surface area (Å²) in [5.41, 5.74) is 3.54. The summed E-state index contributed by atoms with van der Waals surface area (Å²) in [5.74, 6) is 0.766. The molecule has 0 fully saturated rings. The first-order valence-corrected chi connectivity index (χ1v) is 6.17. The number of fused-ring (bicyclic) bond motifs is 1. The lowest BCUT2D eigenvalue weighted by Crippen LogP contribution is -2.26. The van der Waals surface area contributed by atoms with Gasteiger partial charge in [-0.15, -0.1) is 11.3 Å². The molecule has 0 amide bonds. The molecule has 4 nitrogen and oxygen atoms in total. The number of nitrogens with zero attached hydrogens (tertiary/aromatic N) is 2. The molecular weight excluding hydrogens is 244 g/mol. The van der Waals surface area contributed by atoms with Crippen molar-refractivity contribution in [1.82, 2.24) is 10.3 Å². The third-order valence-electron chi connectivity index (χ3n) is 2.37. The summed E-state index contributed by atoms with van der Waals surface area (Å²) in [6, 6.07) is 3.85. The number of benzene rings is 1. The third kappa shape index (κ3) is 1.62. The fourth-order valence-electron chi connectivity index (χ4n) is 1.63. The van der Waals surface area contributed by atoms with Crippen molar-refractivity contribution in [1.29, 1.82) is 0 Å². The van der Waals surface area contributed by atoms with E-state index in [9.17, 15) is 0 Å². The second-order valence-electron chi connectivity index (χ2n) is 3.40. The van der Waals surface area contributed by atoms with Crippen LogP contribution >= 0.6 is 22.9 Å². The number of halogens is 1. The predicted molar refractivity (Wildman–Crippen MR) is 68.6 cm³/mol. The zero-order valence-corrected chi connectivity index (χ0v) is 9.90. The van der Waals surface area contributed by atoms with Gasteiger partial charge in [-0.05, 0) is 12.1 Å². The van der Waals surface area contributed by atoms with Gasteiger partial charge in [-0.3, -0.25) is 4.99 Å². The summed E-state index contributed by atoms with van der Waals surface area (Å²) in [4.78, 5) is 8.59. The minimum Gasteiger partial charge on any atom is -0.354 e. The quantitative estimate of drug-likeness (QED) is 0.819. The Balaban J connectivity index is 2.06. The van der Waals surface area contributed by atoms with Crippen LogP contribution in [0.4, 0.5) is 5.69 Å². The molecular formula is C10H9ClN4S. The number of thiazole rings is 1. The number of nitrogens with one attached hydrogen (secondary N) is 2. The summed E-state index contributed by atoms with van der Waals surface area (Å²) in [7, 11) is 0. The zero-order valence-electron chi connectivity index (χ0n) is 8.33. The van der Waals surface area contributed by atoms with E-state index in [1.54, 1.807) is 11.3 Å². The molecule has 82 valence electrons. The van der Waals surface area contributed by atoms with E-state index in [-0.39, 0.29) is 0 Å². The van der Waals surface area contributed by atoms with Crippen molar-refractivity contribution in [2.24, 2.45) is 4.99 Å². The van der Waals surface area contributed by atoms with E-state index in [0.717, 1.165) is 35.0 Å². The molecule has 0 bridgehead atoms. The van der Waals surface area contributed by atoms with Gasteiger partial charge in [0.25, 0.3) is 0 Å². The van der Waals surface area contributed by atoms with Crippen LogP contribution in [0, 0.1) is 0 Å². The Morgan fingerprint density at radius 3 is 3.19 bits per heavy atom. The molecule has 0 saturated heterocycles. The average molecular weight is 253 g/mol. The van der Waals surface area contributed by atoms with E-state index >= 15 is 0 Å². The van der Waals surface area contributed by atoms with Crippen LogP contribution in [0.2, 0.25) is 5.02 Å². The number of guanidine groups is 1. The molecule has 2 N–H and O–H groups in total.